The molecule has 6 heteroatoms. The van der Waals surface area contributed by atoms with Crippen LogP contribution < -0.4 is 5.32 Å². The quantitative estimate of drug-likeness (QED) is 0.896. The molecule has 1 aliphatic rings. The van der Waals surface area contributed by atoms with Crippen molar-refractivity contribution in [3.8, 4) is 0 Å². The van der Waals surface area contributed by atoms with Gasteiger partial charge in [-0.25, -0.2) is 4.79 Å². The first-order valence-corrected chi connectivity index (χ1v) is 7.48. The smallest absolute Gasteiger partial charge is 0.410 e. The van der Waals surface area contributed by atoms with Crippen molar-refractivity contribution in [1.29, 1.82) is 0 Å². The van der Waals surface area contributed by atoms with Crippen LogP contribution in [0.15, 0.2) is 22.9 Å². The van der Waals surface area contributed by atoms with Crippen LogP contribution in [0.3, 0.4) is 0 Å². The first-order valence-electron chi connectivity index (χ1n) is 6.68. The maximum Gasteiger partial charge on any atom is 0.410 e. The number of carbonyl (C=O) groups excluding carboxylic acids is 1. The Balaban J connectivity index is 1.88. The van der Waals surface area contributed by atoms with E-state index in [1.807, 2.05) is 26.8 Å². The van der Waals surface area contributed by atoms with E-state index in [2.05, 4.69) is 26.2 Å². The Morgan fingerprint density at radius 1 is 1.50 bits per heavy atom. The topological polar surface area (TPSA) is 54.5 Å². The number of nitrogens with one attached hydrogen (secondary N) is 1. The number of amides is 1. The van der Waals surface area contributed by atoms with Crippen LogP contribution in [-0.2, 0) is 4.74 Å². The Morgan fingerprint density at radius 3 is 2.90 bits per heavy atom. The van der Waals surface area contributed by atoms with Crippen LogP contribution in [0.2, 0.25) is 0 Å². The van der Waals surface area contributed by atoms with E-state index < -0.39 is 5.60 Å². The second-order valence-corrected chi connectivity index (χ2v) is 6.86. The molecule has 0 aromatic carbocycles. The number of nitrogens with zero attached hydrogens (tertiary/aromatic N) is 2. The third-order valence-corrected chi connectivity index (χ3v) is 3.35. The number of rotatable bonds is 2. The molecule has 1 amide bonds. The molecule has 0 unspecified atom stereocenters. The first-order chi connectivity index (χ1) is 9.33. The Kier molecular flexibility index (Phi) is 4.52. The predicted octanol–water partition coefficient (Wildman–Crippen LogP) is 3.27. The molecule has 1 aliphatic heterocycles. The van der Waals surface area contributed by atoms with Crippen LogP contribution in [-0.4, -0.2) is 40.7 Å². The van der Waals surface area contributed by atoms with Gasteiger partial charge in [0.05, 0.1) is 11.9 Å². The Hall–Kier alpha value is -1.30. The molecule has 1 N–H and O–H groups in total. The van der Waals surface area contributed by atoms with Crippen LogP contribution >= 0.6 is 15.9 Å². The van der Waals surface area contributed by atoms with Crippen LogP contribution in [0.5, 0.6) is 0 Å². The largest absolute Gasteiger partial charge is 0.444 e. The summed E-state index contributed by atoms with van der Waals surface area (Å²) in [5.74, 6) is 0. The molecule has 1 aromatic heterocycles. The van der Waals surface area contributed by atoms with Crippen molar-refractivity contribution in [2.24, 2.45) is 0 Å². The zero-order valence-electron chi connectivity index (χ0n) is 12.0. The fraction of sp³-hybridized carbons (Fsp3) is 0.571. The molecule has 0 spiro atoms. The van der Waals surface area contributed by atoms with Gasteiger partial charge in [0.1, 0.15) is 5.60 Å². The molecule has 1 saturated heterocycles. The first kappa shape index (κ1) is 15.1. The van der Waals surface area contributed by atoms with E-state index >= 15 is 0 Å². The van der Waals surface area contributed by atoms with Gasteiger partial charge in [-0.05, 0) is 49.2 Å². The van der Waals surface area contributed by atoms with E-state index in [9.17, 15) is 4.79 Å². The Morgan fingerprint density at radius 2 is 2.25 bits per heavy atom. The van der Waals surface area contributed by atoms with Gasteiger partial charge in [0.25, 0.3) is 0 Å². The number of halogens is 1. The lowest BCUT2D eigenvalue weighted by atomic mass is 10.2. The van der Waals surface area contributed by atoms with E-state index in [0.29, 0.717) is 13.1 Å². The average molecular weight is 342 g/mol. The lowest BCUT2D eigenvalue weighted by molar-refractivity contribution is 0.0293. The van der Waals surface area contributed by atoms with E-state index in [4.69, 9.17) is 4.74 Å². The highest BCUT2D eigenvalue weighted by atomic mass is 79.9. The molecule has 20 heavy (non-hydrogen) atoms. The summed E-state index contributed by atoms with van der Waals surface area (Å²) in [6, 6.07) is 2.21. The van der Waals surface area contributed by atoms with Gasteiger partial charge in [-0.3, -0.25) is 4.98 Å². The maximum absolute atomic E-state index is 12.0. The minimum atomic E-state index is -0.448. The third-order valence-electron chi connectivity index (χ3n) is 2.92. The number of likely N-dealkylation sites (tertiary alicyclic amines) is 1. The summed E-state index contributed by atoms with van der Waals surface area (Å²) in [4.78, 5) is 17.8. The Labute approximate surface area is 127 Å². The van der Waals surface area contributed by atoms with Gasteiger partial charge in [-0.2, -0.15) is 0 Å². The van der Waals surface area contributed by atoms with E-state index in [0.717, 1.165) is 16.6 Å². The fourth-order valence-electron chi connectivity index (χ4n) is 2.10. The maximum atomic E-state index is 12.0. The van der Waals surface area contributed by atoms with Crippen LogP contribution in [0.25, 0.3) is 0 Å². The Bertz CT molecular complexity index is 488. The zero-order valence-corrected chi connectivity index (χ0v) is 13.6. The zero-order chi connectivity index (χ0) is 14.8. The van der Waals surface area contributed by atoms with E-state index in [1.54, 1.807) is 17.3 Å². The molecule has 1 fully saturated rings. The summed E-state index contributed by atoms with van der Waals surface area (Å²) in [6.07, 6.45) is 4.19. The second-order valence-electron chi connectivity index (χ2n) is 5.95. The van der Waals surface area contributed by atoms with Gasteiger partial charge in [0, 0.05) is 29.8 Å². The van der Waals surface area contributed by atoms with Gasteiger partial charge in [0.2, 0.25) is 0 Å². The fourth-order valence-corrected chi connectivity index (χ4v) is 2.46. The number of hydrogen-bond acceptors (Lipinski definition) is 4. The molecular formula is C14H20BrN3O2. The molecule has 5 nitrogen and oxygen atoms in total. The van der Waals surface area contributed by atoms with Crippen LogP contribution in [0.4, 0.5) is 10.5 Å². The summed E-state index contributed by atoms with van der Waals surface area (Å²) >= 11 is 3.39. The lowest BCUT2D eigenvalue weighted by Gasteiger charge is -2.24. The summed E-state index contributed by atoms with van der Waals surface area (Å²) in [5, 5.41) is 3.39. The molecule has 0 bridgehead atoms. The molecular weight excluding hydrogens is 322 g/mol. The summed E-state index contributed by atoms with van der Waals surface area (Å²) in [5.41, 5.74) is 0.506. The number of carbonyl (C=O) groups is 1. The summed E-state index contributed by atoms with van der Waals surface area (Å²) in [6.45, 7) is 7.01. The van der Waals surface area contributed by atoms with E-state index in [1.165, 1.54) is 0 Å². The molecule has 0 radical (unpaired) electrons. The van der Waals surface area contributed by atoms with Gasteiger partial charge in [0.15, 0.2) is 0 Å². The molecule has 0 saturated carbocycles. The minimum absolute atomic E-state index is 0.235. The van der Waals surface area contributed by atoms with Crippen molar-refractivity contribution in [2.45, 2.75) is 38.8 Å². The van der Waals surface area contributed by atoms with Crippen LogP contribution in [0.1, 0.15) is 27.2 Å². The molecule has 1 atom stereocenters. The highest BCUT2D eigenvalue weighted by Gasteiger charge is 2.29. The minimum Gasteiger partial charge on any atom is -0.444 e. The predicted molar refractivity (Wildman–Crippen MR) is 81.8 cm³/mol. The molecule has 2 rings (SSSR count). The summed E-state index contributed by atoms with van der Waals surface area (Å²) in [7, 11) is 0. The molecule has 0 aliphatic carbocycles. The van der Waals surface area contributed by atoms with Gasteiger partial charge in [-0.1, -0.05) is 0 Å². The number of anilines is 1. The molecule has 2 heterocycles. The van der Waals surface area contributed by atoms with Crippen molar-refractivity contribution in [3.05, 3.63) is 22.9 Å². The van der Waals surface area contributed by atoms with Crippen molar-refractivity contribution >= 4 is 27.7 Å². The standard InChI is InChI=1S/C14H20BrN3O2/c1-14(2,3)20-13(19)18-5-4-11(9-18)17-12-6-10(15)7-16-8-12/h6-8,11,17H,4-5,9H2,1-3H3/t11-/m0/s1. The highest BCUT2D eigenvalue weighted by Crippen LogP contribution is 2.20. The van der Waals surface area contributed by atoms with Crippen molar-refractivity contribution < 1.29 is 9.53 Å². The number of aromatic nitrogens is 1. The van der Waals surface area contributed by atoms with Gasteiger partial charge < -0.3 is 15.0 Å². The monoisotopic (exact) mass is 341 g/mol. The SMILES string of the molecule is CC(C)(C)OC(=O)N1CC[C@H](Nc2cncc(Br)c2)C1. The van der Waals surface area contributed by atoms with Crippen molar-refractivity contribution in [1.82, 2.24) is 9.88 Å². The highest BCUT2D eigenvalue weighted by molar-refractivity contribution is 9.10. The summed E-state index contributed by atoms with van der Waals surface area (Å²) < 4.78 is 6.31. The lowest BCUT2D eigenvalue weighted by Crippen LogP contribution is -2.36. The third kappa shape index (κ3) is 4.37. The van der Waals surface area contributed by atoms with Gasteiger partial charge in [-0.15, -0.1) is 0 Å². The second kappa shape index (κ2) is 5.99. The number of ether oxygens (including phenoxy) is 1. The molecule has 110 valence electrons. The van der Waals surface area contributed by atoms with Crippen molar-refractivity contribution in [2.75, 3.05) is 18.4 Å². The van der Waals surface area contributed by atoms with Crippen molar-refractivity contribution in [3.63, 3.8) is 0 Å². The van der Waals surface area contributed by atoms with Crippen LogP contribution in [0, 0.1) is 0 Å². The normalized spacial score (nSPS) is 19.0. The molecule has 1 aromatic rings. The van der Waals surface area contributed by atoms with Gasteiger partial charge >= 0.3 is 6.09 Å². The average Bonchev–Trinajstić information content (AvgIpc) is 2.75. The van der Waals surface area contributed by atoms with E-state index in [-0.39, 0.29) is 12.1 Å². The number of hydrogen-bond donors (Lipinski definition) is 1. The number of pyridine rings is 1.